The van der Waals surface area contributed by atoms with Gasteiger partial charge in [-0.15, -0.1) is 11.3 Å². The molecule has 2 aromatic heterocycles. The smallest absolute Gasteiger partial charge is 0.211 e. The molecule has 2 aromatic carbocycles. The van der Waals surface area contributed by atoms with Crippen LogP contribution in [-0.2, 0) is 0 Å². The van der Waals surface area contributed by atoms with Crippen LogP contribution in [-0.4, -0.2) is 27.8 Å². The lowest BCUT2D eigenvalue weighted by molar-refractivity contribution is 0.416. The van der Waals surface area contributed by atoms with Gasteiger partial charge < -0.3 is 4.74 Å². The van der Waals surface area contributed by atoms with Gasteiger partial charge in [0.2, 0.25) is 4.80 Å². The molecule has 0 amide bonds. The second-order valence-corrected chi connectivity index (χ2v) is 7.87. The highest BCUT2D eigenvalue weighted by Gasteiger charge is 2.14. The van der Waals surface area contributed by atoms with Crippen LogP contribution in [0.15, 0.2) is 64.0 Å². The van der Waals surface area contributed by atoms with Crippen molar-refractivity contribution in [3.63, 3.8) is 0 Å². The average Bonchev–Trinajstić information content (AvgIpc) is 3.26. The first-order valence-electron chi connectivity index (χ1n) is 9.38. The van der Waals surface area contributed by atoms with Crippen LogP contribution in [0.3, 0.4) is 0 Å². The van der Waals surface area contributed by atoms with Crippen LogP contribution in [0.4, 0.5) is 10.1 Å². The number of halogens is 2. The fourth-order valence-corrected chi connectivity index (χ4v) is 4.09. The van der Waals surface area contributed by atoms with Crippen molar-refractivity contribution in [1.82, 2.24) is 14.5 Å². The number of thiazole rings is 1. The van der Waals surface area contributed by atoms with E-state index in [0.717, 1.165) is 5.69 Å². The molecule has 31 heavy (non-hydrogen) atoms. The zero-order valence-electron chi connectivity index (χ0n) is 17.1. The van der Waals surface area contributed by atoms with E-state index in [1.165, 1.54) is 23.5 Å². The highest BCUT2D eigenvalue weighted by molar-refractivity contribution is 7.07. The SMILES string of the molecule is COc1ccccc1N=c1scc(C)n1N=Cc1c(C)nn(-c2ccc(F)cc2)c1Cl. The minimum absolute atomic E-state index is 0.318. The minimum Gasteiger partial charge on any atom is -0.494 e. The molecule has 0 bridgehead atoms. The summed E-state index contributed by atoms with van der Waals surface area (Å²) in [5.41, 5.74) is 3.69. The predicted molar refractivity (Wildman–Crippen MR) is 122 cm³/mol. The largest absolute Gasteiger partial charge is 0.494 e. The van der Waals surface area contributed by atoms with Crippen molar-refractivity contribution in [3.8, 4) is 11.4 Å². The Balaban J connectivity index is 1.73. The molecule has 9 heteroatoms. The second kappa shape index (κ2) is 8.87. The minimum atomic E-state index is -0.318. The number of ether oxygens (including phenoxy) is 1. The van der Waals surface area contributed by atoms with Crippen LogP contribution in [0, 0.1) is 19.7 Å². The van der Waals surface area contributed by atoms with Crippen molar-refractivity contribution in [2.45, 2.75) is 13.8 Å². The van der Waals surface area contributed by atoms with Gasteiger partial charge in [-0.2, -0.15) is 10.2 Å². The fourth-order valence-electron chi connectivity index (χ4n) is 2.95. The molecule has 0 fully saturated rings. The Hall–Kier alpha value is -3.23. The van der Waals surface area contributed by atoms with E-state index in [9.17, 15) is 4.39 Å². The molecule has 0 aliphatic rings. The molecule has 0 atom stereocenters. The van der Waals surface area contributed by atoms with Crippen molar-refractivity contribution in [1.29, 1.82) is 0 Å². The van der Waals surface area contributed by atoms with Gasteiger partial charge in [0, 0.05) is 5.38 Å². The second-order valence-electron chi connectivity index (χ2n) is 6.68. The van der Waals surface area contributed by atoms with E-state index in [1.54, 1.807) is 34.8 Å². The summed E-state index contributed by atoms with van der Waals surface area (Å²) in [4.78, 5) is 5.40. The summed E-state index contributed by atoms with van der Waals surface area (Å²) in [6, 6.07) is 13.5. The van der Waals surface area contributed by atoms with Crippen LogP contribution < -0.4 is 9.54 Å². The first-order valence-corrected chi connectivity index (χ1v) is 10.6. The van der Waals surface area contributed by atoms with Gasteiger partial charge in [-0.25, -0.2) is 18.7 Å². The van der Waals surface area contributed by atoms with E-state index >= 15 is 0 Å². The van der Waals surface area contributed by atoms with Crippen molar-refractivity contribution < 1.29 is 9.13 Å². The van der Waals surface area contributed by atoms with E-state index in [4.69, 9.17) is 21.3 Å². The fraction of sp³-hybridized carbons (Fsp3) is 0.136. The van der Waals surface area contributed by atoms with Gasteiger partial charge in [0.05, 0.1) is 36.0 Å². The van der Waals surface area contributed by atoms with Gasteiger partial charge in [-0.1, -0.05) is 23.7 Å². The van der Waals surface area contributed by atoms with E-state index in [1.807, 2.05) is 43.5 Å². The zero-order valence-corrected chi connectivity index (χ0v) is 18.7. The number of methoxy groups -OCH3 is 1. The van der Waals surface area contributed by atoms with Gasteiger partial charge >= 0.3 is 0 Å². The first kappa shape index (κ1) is 21.0. The van der Waals surface area contributed by atoms with E-state index < -0.39 is 0 Å². The Bertz CT molecular complexity index is 1320. The number of para-hydroxylation sites is 2. The number of aromatic nitrogens is 3. The van der Waals surface area contributed by atoms with Gasteiger partial charge in [-0.05, 0) is 50.2 Å². The van der Waals surface area contributed by atoms with Crippen LogP contribution in [0.25, 0.3) is 5.69 Å². The molecule has 0 unspecified atom stereocenters. The van der Waals surface area contributed by atoms with E-state index in [0.29, 0.717) is 38.3 Å². The summed E-state index contributed by atoms with van der Waals surface area (Å²) >= 11 is 8.04. The topological polar surface area (TPSA) is 56.7 Å². The molecule has 0 aliphatic carbocycles. The highest BCUT2D eigenvalue weighted by atomic mass is 35.5. The number of rotatable bonds is 5. The quantitative estimate of drug-likeness (QED) is 0.385. The zero-order chi connectivity index (χ0) is 22.0. The lowest BCUT2D eigenvalue weighted by Crippen LogP contribution is -2.11. The van der Waals surface area contributed by atoms with Gasteiger partial charge in [0.1, 0.15) is 22.4 Å². The van der Waals surface area contributed by atoms with E-state index in [-0.39, 0.29) is 5.82 Å². The van der Waals surface area contributed by atoms with Crippen LogP contribution >= 0.6 is 22.9 Å². The Morgan fingerprint density at radius 2 is 1.87 bits per heavy atom. The molecule has 0 spiro atoms. The molecular formula is C22H19ClFN5OS. The molecule has 0 aliphatic heterocycles. The van der Waals surface area contributed by atoms with Gasteiger partial charge in [0.15, 0.2) is 0 Å². The monoisotopic (exact) mass is 455 g/mol. The number of nitrogens with zero attached hydrogens (tertiary/aromatic N) is 5. The highest BCUT2D eigenvalue weighted by Crippen LogP contribution is 2.26. The maximum atomic E-state index is 13.2. The summed E-state index contributed by atoms with van der Waals surface area (Å²) in [6.45, 7) is 3.80. The molecule has 0 radical (unpaired) electrons. The third-order valence-corrected chi connectivity index (χ3v) is 5.87. The van der Waals surface area contributed by atoms with Gasteiger partial charge in [-0.3, -0.25) is 0 Å². The van der Waals surface area contributed by atoms with Crippen molar-refractivity contribution in [3.05, 3.63) is 86.6 Å². The standard InChI is InChI=1S/C22H19ClFN5OS/c1-14-13-31-22(26-19-6-4-5-7-20(19)30-3)28(14)25-12-18-15(2)27-29(21(18)23)17-10-8-16(24)9-11-17/h4-13H,1-3H3. The Kier molecular flexibility index (Phi) is 6.01. The molecule has 2 heterocycles. The summed E-state index contributed by atoms with van der Waals surface area (Å²) in [6.07, 6.45) is 1.66. The van der Waals surface area contributed by atoms with Crippen molar-refractivity contribution in [2.24, 2.45) is 10.1 Å². The maximum Gasteiger partial charge on any atom is 0.211 e. The Morgan fingerprint density at radius 3 is 2.61 bits per heavy atom. The average molecular weight is 456 g/mol. The Labute approximate surface area is 187 Å². The molecule has 0 N–H and O–H groups in total. The third kappa shape index (κ3) is 4.30. The van der Waals surface area contributed by atoms with Crippen molar-refractivity contribution in [2.75, 3.05) is 7.11 Å². The summed E-state index contributed by atoms with van der Waals surface area (Å²) in [7, 11) is 1.61. The molecule has 4 rings (SSSR count). The number of aryl methyl sites for hydroxylation is 2. The molecule has 158 valence electrons. The number of benzene rings is 2. The van der Waals surface area contributed by atoms with Gasteiger partial charge in [0.25, 0.3) is 0 Å². The van der Waals surface area contributed by atoms with Crippen LogP contribution in [0.1, 0.15) is 17.0 Å². The maximum absolute atomic E-state index is 13.2. The lowest BCUT2D eigenvalue weighted by atomic mass is 10.3. The van der Waals surface area contributed by atoms with Crippen LogP contribution in [0.5, 0.6) is 5.75 Å². The van der Waals surface area contributed by atoms with Crippen molar-refractivity contribution >= 4 is 34.8 Å². The Morgan fingerprint density at radius 1 is 1.13 bits per heavy atom. The predicted octanol–water partition coefficient (Wildman–Crippen LogP) is 5.27. The van der Waals surface area contributed by atoms with Crippen LogP contribution in [0.2, 0.25) is 5.15 Å². The lowest BCUT2D eigenvalue weighted by Gasteiger charge is -2.03. The molecule has 0 saturated heterocycles. The number of hydrogen-bond acceptors (Lipinski definition) is 5. The first-order chi connectivity index (χ1) is 15.0. The summed E-state index contributed by atoms with van der Waals surface area (Å²) in [5, 5.41) is 11.4. The number of hydrogen-bond donors (Lipinski definition) is 0. The normalized spacial score (nSPS) is 12.1. The summed E-state index contributed by atoms with van der Waals surface area (Å²) < 4.78 is 21.9. The third-order valence-electron chi connectivity index (χ3n) is 4.57. The molecular weight excluding hydrogens is 437 g/mol. The summed E-state index contributed by atoms with van der Waals surface area (Å²) in [5.74, 6) is 0.366. The molecule has 6 nitrogen and oxygen atoms in total. The molecule has 0 saturated carbocycles. The van der Waals surface area contributed by atoms with E-state index in [2.05, 4.69) is 10.2 Å². The molecule has 4 aromatic rings.